The first-order valence-corrected chi connectivity index (χ1v) is 7.69. The molecule has 0 bridgehead atoms. The quantitative estimate of drug-likeness (QED) is 0.607. The molecule has 0 aliphatic carbocycles. The summed E-state index contributed by atoms with van der Waals surface area (Å²) in [5.74, 6) is -0.428. The van der Waals surface area contributed by atoms with E-state index in [1.807, 2.05) is 6.07 Å². The Morgan fingerprint density at radius 1 is 1.21 bits per heavy atom. The molecule has 120 valence electrons. The summed E-state index contributed by atoms with van der Waals surface area (Å²) in [5, 5.41) is 5.34. The van der Waals surface area contributed by atoms with E-state index in [2.05, 4.69) is 15.1 Å². The molecule has 1 atom stereocenters. The molecule has 4 aromatic rings. The molecule has 3 aromatic heterocycles. The molecular weight excluding hydrogens is 329 g/mol. The molecule has 2 N–H and O–H groups in total. The van der Waals surface area contributed by atoms with Crippen LogP contribution in [0.3, 0.4) is 0 Å². The van der Waals surface area contributed by atoms with Gasteiger partial charge in [0.1, 0.15) is 11.0 Å². The Labute approximate surface area is 141 Å². The van der Waals surface area contributed by atoms with Gasteiger partial charge in [-0.05, 0) is 31.2 Å². The average molecular weight is 342 g/mol. The number of hydrogen-bond donors (Lipinski definition) is 1. The molecular formula is C17H13ClFN5. The minimum Gasteiger partial charge on any atom is -0.317 e. The van der Waals surface area contributed by atoms with Gasteiger partial charge in [0, 0.05) is 23.2 Å². The third-order valence-corrected chi connectivity index (χ3v) is 4.31. The molecule has 0 saturated heterocycles. The number of halogens is 2. The summed E-state index contributed by atoms with van der Waals surface area (Å²) in [6.07, 6.45) is 3.21. The number of nitrogens with two attached hydrogens (primary N) is 1. The lowest BCUT2D eigenvalue weighted by Crippen LogP contribution is -2.37. The highest BCUT2D eigenvalue weighted by Crippen LogP contribution is 2.31. The number of hydrogen-bond acceptors (Lipinski definition) is 4. The molecule has 4 rings (SSSR count). The van der Waals surface area contributed by atoms with Crippen LogP contribution in [-0.4, -0.2) is 19.6 Å². The first kappa shape index (κ1) is 15.0. The van der Waals surface area contributed by atoms with Crippen molar-refractivity contribution in [3.8, 4) is 0 Å². The Bertz CT molecular complexity index is 1070. The van der Waals surface area contributed by atoms with Crippen molar-refractivity contribution in [1.29, 1.82) is 0 Å². The minimum absolute atomic E-state index is 0.306. The van der Waals surface area contributed by atoms with E-state index < -0.39 is 11.4 Å². The van der Waals surface area contributed by atoms with Crippen molar-refractivity contribution in [3.05, 3.63) is 71.0 Å². The van der Waals surface area contributed by atoms with Gasteiger partial charge in [-0.3, -0.25) is 4.98 Å². The van der Waals surface area contributed by atoms with Gasteiger partial charge in [0.05, 0.1) is 22.9 Å². The molecule has 0 spiro atoms. The van der Waals surface area contributed by atoms with Crippen LogP contribution >= 0.6 is 11.6 Å². The van der Waals surface area contributed by atoms with Gasteiger partial charge in [-0.25, -0.2) is 13.9 Å². The van der Waals surface area contributed by atoms with Crippen molar-refractivity contribution in [2.75, 3.05) is 0 Å². The van der Waals surface area contributed by atoms with E-state index in [0.29, 0.717) is 27.6 Å². The van der Waals surface area contributed by atoms with Crippen LogP contribution in [0, 0.1) is 5.82 Å². The fourth-order valence-electron chi connectivity index (χ4n) is 2.84. The van der Waals surface area contributed by atoms with Crippen LogP contribution < -0.4 is 5.73 Å². The molecule has 0 amide bonds. The Kier molecular flexibility index (Phi) is 3.26. The number of benzene rings is 1. The highest BCUT2D eigenvalue weighted by molar-refractivity contribution is 6.29. The zero-order valence-electron chi connectivity index (χ0n) is 12.7. The maximum atomic E-state index is 14.7. The zero-order valence-corrected chi connectivity index (χ0v) is 13.5. The first-order valence-electron chi connectivity index (χ1n) is 7.31. The van der Waals surface area contributed by atoms with Crippen LogP contribution in [0.5, 0.6) is 0 Å². The van der Waals surface area contributed by atoms with Crippen molar-refractivity contribution >= 4 is 28.2 Å². The zero-order chi connectivity index (χ0) is 16.9. The van der Waals surface area contributed by atoms with Crippen molar-refractivity contribution in [3.63, 3.8) is 0 Å². The second-order valence-corrected chi connectivity index (χ2v) is 6.19. The van der Waals surface area contributed by atoms with Crippen LogP contribution in [0.4, 0.5) is 4.39 Å². The van der Waals surface area contributed by atoms with E-state index in [0.717, 1.165) is 5.39 Å². The van der Waals surface area contributed by atoms with Crippen molar-refractivity contribution in [2.45, 2.75) is 12.5 Å². The molecule has 5 nitrogen and oxygen atoms in total. The number of pyridine rings is 1. The number of nitrogens with zero attached hydrogens (tertiary/aromatic N) is 4. The Hall–Kier alpha value is -2.57. The highest BCUT2D eigenvalue weighted by Gasteiger charge is 2.31. The maximum Gasteiger partial charge on any atom is 0.153 e. The summed E-state index contributed by atoms with van der Waals surface area (Å²) in [5.41, 5.74) is 7.41. The van der Waals surface area contributed by atoms with E-state index in [4.69, 9.17) is 17.3 Å². The molecule has 24 heavy (non-hydrogen) atoms. The van der Waals surface area contributed by atoms with Gasteiger partial charge < -0.3 is 5.73 Å². The van der Waals surface area contributed by atoms with Crippen LogP contribution in [0.2, 0.25) is 5.15 Å². The summed E-state index contributed by atoms with van der Waals surface area (Å²) in [6, 6.07) is 10.1. The highest BCUT2D eigenvalue weighted by atomic mass is 35.5. The average Bonchev–Trinajstić information content (AvgIpc) is 2.97. The maximum absolute atomic E-state index is 14.7. The molecule has 0 saturated carbocycles. The third-order valence-electron chi connectivity index (χ3n) is 4.11. The lowest BCUT2D eigenvalue weighted by molar-refractivity contribution is 0.512. The number of imidazole rings is 1. The summed E-state index contributed by atoms with van der Waals surface area (Å²) in [7, 11) is 0. The van der Waals surface area contributed by atoms with E-state index in [1.54, 1.807) is 43.6 Å². The molecule has 0 aliphatic heterocycles. The topological polar surface area (TPSA) is 69.1 Å². The lowest BCUT2D eigenvalue weighted by atomic mass is 9.88. The minimum atomic E-state index is -1.15. The fourth-order valence-corrected chi connectivity index (χ4v) is 2.97. The van der Waals surface area contributed by atoms with Gasteiger partial charge in [0.25, 0.3) is 0 Å². The van der Waals surface area contributed by atoms with Gasteiger partial charge in [-0.15, -0.1) is 0 Å². The van der Waals surface area contributed by atoms with E-state index >= 15 is 0 Å². The van der Waals surface area contributed by atoms with Crippen molar-refractivity contribution < 1.29 is 4.39 Å². The van der Waals surface area contributed by atoms with E-state index in [1.165, 1.54) is 10.6 Å². The largest absolute Gasteiger partial charge is 0.317 e. The van der Waals surface area contributed by atoms with Gasteiger partial charge in [-0.2, -0.15) is 5.10 Å². The first-order chi connectivity index (χ1) is 11.5. The molecule has 1 aromatic carbocycles. The lowest BCUT2D eigenvalue weighted by Gasteiger charge is -2.25. The SMILES string of the molecule is CC(N)(c1cc2cccnc2cc1F)c1cnc2ccc(Cl)nn12. The summed E-state index contributed by atoms with van der Waals surface area (Å²) in [6.45, 7) is 1.72. The predicted octanol–water partition coefficient (Wildman–Crippen LogP) is 3.29. The normalized spacial score (nSPS) is 14.2. The Morgan fingerprint density at radius 3 is 2.88 bits per heavy atom. The fraction of sp³-hybridized carbons (Fsp3) is 0.118. The molecule has 0 aliphatic rings. The van der Waals surface area contributed by atoms with Gasteiger partial charge in [0.2, 0.25) is 0 Å². The van der Waals surface area contributed by atoms with Crippen molar-refractivity contribution in [1.82, 2.24) is 19.6 Å². The van der Waals surface area contributed by atoms with E-state index in [9.17, 15) is 4.39 Å². The summed E-state index contributed by atoms with van der Waals surface area (Å²) < 4.78 is 16.2. The number of aromatic nitrogens is 4. The summed E-state index contributed by atoms with van der Waals surface area (Å²) in [4.78, 5) is 8.43. The van der Waals surface area contributed by atoms with Crippen molar-refractivity contribution in [2.24, 2.45) is 5.73 Å². The molecule has 1 unspecified atom stereocenters. The van der Waals surface area contributed by atoms with Crippen LogP contribution in [0.25, 0.3) is 16.6 Å². The number of fused-ring (bicyclic) bond motifs is 2. The summed E-state index contributed by atoms with van der Waals surface area (Å²) >= 11 is 5.97. The van der Waals surface area contributed by atoms with E-state index in [-0.39, 0.29) is 0 Å². The Balaban J connectivity index is 1.96. The Morgan fingerprint density at radius 2 is 2.04 bits per heavy atom. The second-order valence-electron chi connectivity index (χ2n) is 5.80. The van der Waals surface area contributed by atoms with Crippen LogP contribution in [-0.2, 0) is 5.54 Å². The van der Waals surface area contributed by atoms with Crippen LogP contribution in [0.1, 0.15) is 18.2 Å². The third kappa shape index (κ3) is 2.23. The number of rotatable bonds is 2. The molecule has 7 heteroatoms. The smallest absolute Gasteiger partial charge is 0.153 e. The molecule has 3 heterocycles. The van der Waals surface area contributed by atoms with Gasteiger partial charge >= 0.3 is 0 Å². The monoisotopic (exact) mass is 341 g/mol. The van der Waals surface area contributed by atoms with Gasteiger partial charge in [0.15, 0.2) is 5.65 Å². The predicted molar refractivity (Wildman–Crippen MR) is 90.3 cm³/mol. The molecule has 0 radical (unpaired) electrons. The molecule has 0 fully saturated rings. The van der Waals surface area contributed by atoms with Gasteiger partial charge in [-0.1, -0.05) is 17.7 Å². The van der Waals surface area contributed by atoms with Crippen LogP contribution in [0.15, 0.2) is 48.8 Å². The second kappa shape index (κ2) is 5.22. The standard InChI is InChI=1S/C17H13ClFN5/c1-17(20,14-9-22-16-5-4-15(18)23-24(14)16)11-7-10-3-2-6-21-13(10)8-12(11)19/h2-9H,20H2,1H3.